The summed E-state index contributed by atoms with van der Waals surface area (Å²) >= 11 is 0. The Morgan fingerprint density at radius 3 is 2.00 bits per heavy atom. The van der Waals surface area contributed by atoms with Crippen LogP contribution >= 0.6 is 0 Å². The molecular formula is C10H18N4. The monoisotopic (exact) mass is 194 g/mol. The number of hydrogen-bond acceptors (Lipinski definition) is 4. The van der Waals surface area contributed by atoms with Gasteiger partial charge in [-0.3, -0.25) is 0 Å². The summed E-state index contributed by atoms with van der Waals surface area (Å²) in [7, 11) is 4.01. The minimum atomic E-state index is 0.514. The molecule has 0 radical (unpaired) electrons. The Bertz CT molecular complexity index is 297. The third kappa shape index (κ3) is 2.49. The molecule has 0 saturated heterocycles. The van der Waals surface area contributed by atoms with Crippen molar-refractivity contribution in [3.8, 4) is 0 Å². The van der Waals surface area contributed by atoms with Crippen LogP contribution in [0.25, 0.3) is 0 Å². The Kier molecular flexibility index (Phi) is 3.55. The van der Waals surface area contributed by atoms with Crippen molar-refractivity contribution in [2.75, 3.05) is 14.1 Å². The summed E-state index contributed by atoms with van der Waals surface area (Å²) in [5.41, 5.74) is 8.67. The van der Waals surface area contributed by atoms with E-state index in [0.717, 1.165) is 29.3 Å². The van der Waals surface area contributed by atoms with E-state index >= 15 is 0 Å². The van der Waals surface area contributed by atoms with Gasteiger partial charge in [-0.2, -0.15) is 0 Å². The van der Waals surface area contributed by atoms with E-state index < -0.39 is 0 Å². The van der Waals surface area contributed by atoms with Crippen molar-refractivity contribution in [1.29, 1.82) is 0 Å². The van der Waals surface area contributed by atoms with Crippen molar-refractivity contribution in [1.82, 2.24) is 14.9 Å². The highest BCUT2D eigenvalue weighted by molar-refractivity contribution is 5.23. The Morgan fingerprint density at radius 2 is 1.64 bits per heavy atom. The zero-order valence-corrected chi connectivity index (χ0v) is 9.33. The lowest BCUT2D eigenvalue weighted by atomic mass is 10.2. The fourth-order valence-corrected chi connectivity index (χ4v) is 1.46. The number of nitrogens with two attached hydrogens (primary N) is 1. The van der Waals surface area contributed by atoms with Gasteiger partial charge in [0.05, 0.1) is 6.54 Å². The van der Waals surface area contributed by atoms with E-state index in [0.29, 0.717) is 6.54 Å². The van der Waals surface area contributed by atoms with Gasteiger partial charge in [0, 0.05) is 23.5 Å². The minimum absolute atomic E-state index is 0.514. The predicted octanol–water partition coefficient (Wildman–Crippen LogP) is 0.614. The first kappa shape index (κ1) is 11.1. The van der Waals surface area contributed by atoms with Crippen molar-refractivity contribution >= 4 is 0 Å². The average Bonchev–Trinajstić information content (AvgIpc) is 2.01. The first-order valence-corrected chi connectivity index (χ1v) is 4.72. The molecule has 0 aliphatic heterocycles. The SMILES string of the molecule is Cc1nc(CN(C)C)nc(C)c1CN. The average molecular weight is 194 g/mol. The topological polar surface area (TPSA) is 55.0 Å². The third-order valence-electron chi connectivity index (χ3n) is 2.13. The van der Waals surface area contributed by atoms with Crippen LogP contribution in [0.2, 0.25) is 0 Å². The summed E-state index contributed by atoms with van der Waals surface area (Å²) in [6.07, 6.45) is 0. The second-order valence-electron chi connectivity index (χ2n) is 3.73. The molecule has 0 saturated carbocycles. The van der Waals surface area contributed by atoms with Crippen molar-refractivity contribution in [2.24, 2.45) is 5.73 Å². The molecule has 1 aromatic heterocycles. The van der Waals surface area contributed by atoms with Crippen LogP contribution in [-0.4, -0.2) is 29.0 Å². The molecule has 0 aliphatic carbocycles. The van der Waals surface area contributed by atoms with Crippen LogP contribution in [0.5, 0.6) is 0 Å². The highest BCUT2D eigenvalue weighted by Gasteiger charge is 2.07. The van der Waals surface area contributed by atoms with E-state index in [2.05, 4.69) is 14.9 Å². The maximum atomic E-state index is 5.61. The Hall–Kier alpha value is -1.00. The molecule has 4 heteroatoms. The van der Waals surface area contributed by atoms with Crippen molar-refractivity contribution in [3.63, 3.8) is 0 Å². The zero-order chi connectivity index (χ0) is 10.7. The molecule has 14 heavy (non-hydrogen) atoms. The molecule has 0 aliphatic rings. The molecule has 0 unspecified atom stereocenters. The molecule has 1 aromatic rings. The maximum absolute atomic E-state index is 5.61. The van der Waals surface area contributed by atoms with Gasteiger partial charge in [0.2, 0.25) is 0 Å². The van der Waals surface area contributed by atoms with Crippen LogP contribution < -0.4 is 5.73 Å². The van der Waals surface area contributed by atoms with E-state index in [1.807, 2.05) is 27.9 Å². The van der Waals surface area contributed by atoms with Crippen molar-refractivity contribution < 1.29 is 0 Å². The molecule has 2 N–H and O–H groups in total. The summed E-state index contributed by atoms with van der Waals surface area (Å²) in [5.74, 6) is 0.863. The molecular weight excluding hydrogens is 176 g/mol. The standard InChI is InChI=1S/C10H18N4/c1-7-9(5-11)8(2)13-10(12-7)6-14(3)4/h5-6,11H2,1-4H3. The van der Waals surface area contributed by atoms with Gasteiger partial charge in [0.25, 0.3) is 0 Å². The van der Waals surface area contributed by atoms with Crippen molar-refractivity contribution in [3.05, 3.63) is 22.8 Å². The van der Waals surface area contributed by atoms with Crippen LogP contribution in [0.3, 0.4) is 0 Å². The molecule has 1 heterocycles. The minimum Gasteiger partial charge on any atom is -0.326 e. The second-order valence-corrected chi connectivity index (χ2v) is 3.73. The van der Waals surface area contributed by atoms with Gasteiger partial charge in [-0.05, 0) is 27.9 Å². The van der Waals surface area contributed by atoms with E-state index in [4.69, 9.17) is 5.73 Å². The molecule has 0 fully saturated rings. The fraction of sp³-hybridized carbons (Fsp3) is 0.600. The van der Waals surface area contributed by atoms with Gasteiger partial charge in [-0.15, -0.1) is 0 Å². The molecule has 0 bridgehead atoms. The number of rotatable bonds is 3. The predicted molar refractivity (Wildman–Crippen MR) is 56.8 cm³/mol. The van der Waals surface area contributed by atoms with Gasteiger partial charge in [0.1, 0.15) is 5.82 Å². The molecule has 0 amide bonds. The molecule has 0 spiro atoms. The lowest BCUT2D eigenvalue weighted by Gasteiger charge is -2.12. The van der Waals surface area contributed by atoms with Gasteiger partial charge < -0.3 is 10.6 Å². The van der Waals surface area contributed by atoms with E-state index in [1.54, 1.807) is 0 Å². The molecule has 4 nitrogen and oxygen atoms in total. The largest absolute Gasteiger partial charge is 0.326 e. The second kappa shape index (κ2) is 4.48. The normalized spacial score (nSPS) is 11.0. The fourth-order valence-electron chi connectivity index (χ4n) is 1.46. The van der Waals surface area contributed by atoms with Gasteiger partial charge in [-0.1, -0.05) is 0 Å². The molecule has 0 atom stereocenters. The molecule has 78 valence electrons. The Labute approximate surface area is 85.2 Å². The van der Waals surface area contributed by atoms with Crippen LogP contribution in [0.4, 0.5) is 0 Å². The zero-order valence-electron chi connectivity index (χ0n) is 9.33. The summed E-state index contributed by atoms with van der Waals surface area (Å²) in [4.78, 5) is 10.9. The molecule has 0 aromatic carbocycles. The first-order chi connectivity index (χ1) is 6.54. The summed E-state index contributed by atoms with van der Waals surface area (Å²) < 4.78 is 0. The maximum Gasteiger partial charge on any atom is 0.142 e. The summed E-state index contributed by atoms with van der Waals surface area (Å²) in [5, 5.41) is 0. The van der Waals surface area contributed by atoms with Crippen LogP contribution in [0, 0.1) is 13.8 Å². The summed E-state index contributed by atoms with van der Waals surface area (Å²) in [6, 6.07) is 0. The lowest BCUT2D eigenvalue weighted by molar-refractivity contribution is 0.389. The quantitative estimate of drug-likeness (QED) is 0.766. The summed E-state index contributed by atoms with van der Waals surface area (Å²) in [6.45, 7) is 5.25. The molecule has 1 rings (SSSR count). The Balaban J connectivity index is 3.01. The lowest BCUT2D eigenvalue weighted by Crippen LogP contribution is -2.16. The van der Waals surface area contributed by atoms with Crippen LogP contribution in [0.1, 0.15) is 22.8 Å². The Morgan fingerprint density at radius 1 is 1.14 bits per heavy atom. The van der Waals surface area contributed by atoms with E-state index in [1.165, 1.54) is 0 Å². The van der Waals surface area contributed by atoms with Gasteiger partial charge in [-0.25, -0.2) is 9.97 Å². The van der Waals surface area contributed by atoms with Crippen molar-refractivity contribution in [2.45, 2.75) is 26.9 Å². The first-order valence-electron chi connectivity index (χ1n) is 4.72. The number of hydrogen-bond donors (Lipinski definition) is 1. The smallest absolute Gasteiger partial charge is 0.142 e. The number of nitrogens with zero attached hydrogens (tertiary/aromatic N) is 3. The highest BCUT2D eigenvalue weighted by atomic mass is 15.1. The van der Waals surface area contributed by atoms with E-state index in [9.17, 15) is 0 Å². The van der Waals surface area contributed by atoms with Crippen LogP contribution in [0.15, 0.2) is 0 Å². The van der Waals surface area contributed by atoms with E-state index in [-0.39, 0.29) is 0 Å². The third-order valence-corrected chi connectivity index (χ3v) is 2.13. The van der Waals surface area contributed by atoms with Crippen LogP contribution in [-0.2, 0) is 13.1 Å². The van der Waals surface area contributed by atoms with Gasteiger partial charge in [0.15, 0.2) is 0 Å². The van der Waals surface area contributed by atoms with Gasteiger partial charge >= 0.3 is 0 Å². The number of aryl methyl sites for hydroxylation is 2. The highest BCUT2D eigenvalue weighted by Crippen LogP contribution is 2.09. The number of aromatic nitrogens is 2.